The first kappa shape index (κ1) is 15.4. The molecule has 0 radical (unpaired) electrons. The molecule has 23 heavy (non-hydrogen) atoms. The van der Waals surface area contributed by atoms with E-state index in [1.165, 1.54) is 0 Å². The Morgan fingerprint density at radius 3 is 3.04 bits per heavy atom. The molecule has 1 aliphatic rings. The molecule has 6 nitrogen and oxygen atoms in total. The van der Waals surface area contributed by atoms with Crippen LogP contribution in [0, 0.1) is 6.92 Å². The number of aryl methyl sites for hydroxylation is 1. The molecule has 120 valence electrons. The largest absolute Gasteiger partial charge is 0.355 e. The summed E-state index contributed by atoms with van der Waals surface area (Å²) in [7, 11) is 0. The third-order valence-electron chi connectivity index (χ3n) is 3.79. The highest BCUT2D eigenvalue weighted by atomic mass is 16.1. The van der Waals surface area contributed by atoms with E-state index in [4.69, 9.17) is 0 Å². The predicted molar refractivity (Wildman–Crippen MR) is 90.9 cm³/mol. The number of nitrogens with zero attached hydrogens (tertiary/aromatic N) is 3. The van der Waals surface area contributed by atoms with E-state index >= 15 is 0 Å². The third kappa shape index (κ3) is 4.04. The Hall–Kier alpha value is -2.47. The summed E-state index contributed by atoms with van der Waals surface area (Å²) in [6.45, 7) is 5.71. The van der Waals surface area contributed by atoms with Crippen LogP contribution in [0.1, 0.15) is 22.6 Å². The van der Waals surface area contributed by atoms with Crippen LogP contribution in [-0.2, 0) is 0 Å². The number of pyridine rings is 2. The first-order valence-corrected chi connectivity index (χ1v) is 7.89. The number of rotatable bonds is 3. The van der Waals surface area contributed by atoms with Gasteiger partial charge in [-0.2, -0.15) is 0 Å². The smallest absolute Gasteiger partial charge is 0.274 e. The summed E-state index contributed by atoms with van der Waals surface area (Å²) in [6, 6.07) is 9.19. The number of hydrogen-bond donors (Lipinski definition) is 2. The molecule has 3 rings (SSSR count). The van der Waals surface area contributed by atoms with Crippen LogP contribution in [0.5, 0.6) is 0 Å². The molecule has 6 heteroatoms. The Bertz CT molecular complexity index is 680. The van der Waals surface area contributed by atoms with Gasteiger partial charge in [-0.3, -0.25) is 9.78 Å². The molecular weight excluding hydrogens is 290 g/mol. The van der Waals surface area contributed by atoms with Crippen molar-refractivity contribution < 1.29 is 4.79 Å². The standard InChI is InChI=1S/C17H21N5O/c1-13-12-14(6-8-19-13)20-17(23)15-4-2-5-16(21-15)22-10-3-7-18-9-11-22/h2,4-6,8,12,18H,3,7,9-11H2,1H3,(H,19,20,23). The van der Waals surface area contributed by atoms with Gasteiger partial charge in [0.15, 0.2) is 0 Å². The van der Waals surface area contributed by atoms with Gasteiger partial charge in [-0.05, 0) is 44.2 Å². The summed E-state index contributed by atoms with van der Waals surface area (Å²) in [6.07, 6.45) is 2.76. The number of hydrogen-bond acceptors (Lipinski definition) is 5. The van der Waals surface area contributed by atoms with E-state index < -0.39 is 0 Å². The van der Waals surface area contributed by atoms with Gasteiger partial charge in [0.25, 0.3) is 5.91 Å². The van der Waals surface area contributed by atoms with Crippen LogP contribution in [0.4, 0.5) is 11.5 Å². The molecule has 3 heterocycles. The first-order valence-electron chi connectivity index (χ1n) is 7.89. The van der Waals surface area contributed by atoms with E-state index in [-0.39, 0.29) is 5.91 Å². The second kappa shape index (κ2) is 7.19. The van der Waals surface area contributed by atoms with E-state index in [2.05, 4.69) is 25.5 Å². The van der Waals surface area contributed by atoms with Crippen molar-refractivity contribution in [2.75, 3.05) is 36.4 Å². The van der Waals surface area contributed by atoms with Crippen LogP contribution >= 0.6 is 0 Å². The maximum absolute atomic E-state index is 12.4. The molecule has 0 spiro atoms. The molecule has 0 aromatic carbocycles. The fourth-order valence-corrected chi connectivity index (χ4v) is 2.62. The maximum atomic E-state index is 12.4. The Labute approximate surface area is 135 Å². The lowest BCUT2D eigenvalue weighted by Gasteiger charge is -2.21. The van der Waals surface area contributed by atoms with Crippen LogP contribution < -0.4 is 15.5 Å². The third-order valence-corrected chi connectivity index (χ3v) is 3.79. The van der Waals surface area contributed by atoms with Gasteiger partial charge in [-0.15, -0.1) is 0 Å². The maximum Gasteiger partial charge on any atom is 0.274 e. The number of nitrogens with one attached hydrogen (secondary N) is 2. The van der Waals surface area contributed by atoms with Gasteiger partial charge in [0, 0.05) is 37.2 Å². The van der Waals surface area contributed by atoms with Crippen molar-refractivity contribution in [2.45, 2.75) is 13.3 Å². The topological polar surface area (TPSA) is 70.2 Å². The molecule has 1 aliphatic heterocycles. The fourth-order valence-electron chi connectivity index (χ4n) is 2.62. The molecule has 0 unspecified atom stereocenters. The fraction of sp³-hybridized carbons (Fsp3) is 0.353. The quantitative estimate of drug-likeness (QED) is 0.905. The molecule has 0 atom stereocenters. The Morgan fingerprint density at radius 1 is 1.26 bits per heavy atom. The van der Waals surface area contributed by atoms with Crippen LogP contribution in [-0.4, -0.2) is 42.1 Å². The summed E-state index contributed by atoms with van der Waals surface area (Å²) >= 11 is 0. The van der Waals surface area contributed by atoms with Crippen LogP contribution in [0.25, 0.3) is 0 Å². The van der Waals surface area contributed by atoms with Gasteiger partial charge in [0.1, 0.15) is 11.5 Å². The number of amides is 1. The monoisotopic (exact) mass is 311 g/mol. The highest BCUT2D eigenvalue weighted by Gasteiger charge is 2.14. The van der Waals surface area contributed by atoms with Crippen molar-refractivity contribution in [3.8, 4) is 0 Å². The van der Waals surface area contributed by atoms with Crippen molar-refractivity contribution in [3.63, 3.8) is 0 Å². The lowest BCUT2D eigenvalue weighted by atomic mass is 10.3. The molecule has 0 aliphatic carbocycles. The Kier molecular flexibility index (Phi) is 4.83. The van der Waals surface area contributed by atoms with Crippen molar-refractivity contribution in [1.82, 2.24) is 15.3 Å². The summed E-state index contributed by atoms with van der Waals surface area (Å²) in [4.78, 5) is 23.3. The van der Waals surface area contributed by atoms with Crippen molar-refractivity contribution in [3.05, 3.63) is 47.9 Å². The molecule has 1 fully saturated rings. The van der Waals surface area contributed by atoms with Crippen molar-refractivity contribution in [2.24, 2.45) is 0 Å². The van der Waals surface area contributed by atoms with E-state index in [9.17, 15) is 4.79 Å². The first-order chi connectivity index (χ1) is 11.2. The molecule has 0 saturated carbocycles. The molecule has 2 aromatic rings. The van der Waals surface area contributed by atoms with E-state index in [1.54, 1.807) is 18.3 Å². The highest BCUT2D eigenvalue weighted by molar-refractivity contribution is 6.03. The number of anilines is 2. The molecule has 2 N–H and O–H groups in total. The average molecular weight is 311 g/mol. The number of carbonyl (C=O) groups excluding carboxylic acids is 1. The van der Waals surface area contributed by atoms with Crippen LogP contribution in [0.3, 0.4) is 0 Å². The molecular formula is C17H21N5O. The van der Waals surface area contributed by atoms with Gasteiger partial charge in [0.2, 0.25) is 0 Å². The van der Waals surface area contributed by atoms with Gasteiger partial charge in [-0.1, -0.05) is 6.07 Å². The van der Waals surface area contributed by atoms with E-state index in [1.807, 2.05) is 25.1 Å². The summed E-state index contributed by atoms with van der Waals surface area (Å²) in [5.74, 6) is 0.651. The van der Waals surface area contributed by atoms with Crippen molar-refractivity contribution in [1.29, 1.82) is 0 Å². The number of aromatic nitrogens is 2. The van der Waals surface area contributed by atoms with Crippen LogP contribution in [0.2, 0.25) is 0 Å². The SMILES string of the molecule is Cc1cc(NC(=O)c2cccc(N3CCCNCC3)n2)ccn1. The summed E-state index contributed by atoms with van der Waals surface area (Å²) in [5.41, 5.74) is 2.02. The Balaban J connectivity index is 1.74. The minimum absolute atomic E-state index is 0.203. The lowest BCUT2D eigenvalue weighted by Crippen LogP contribution is -2.29. The Morgan fingerprint density at radius 2 is 2.17 bits per heavy atom. The minimum Gasteiger partial charge on any atom is -0.355 e. The van der Waals surface area contributed by atoms with Gasteiger partial charge < -0.3 is 15.5 Å². The molecule has 1 amide bonds. The van der Waals surface area contributed by atoms with Gasteiger partial charge >= 0.3 is 0 Å². The van der Waals surface area contributed by atoms with Gasteiger partial charge in [-0.25, -0.2) is 4.98 Å². The minimum atomic E-state index is -0.203. The zero-order chi connectivity index (χ0) is 16.1. The second-order valence-electron chi connectivity index (χ2n) is 5.61. The normalized spacial score (nSPS) is 15.1. The predicted octanol–water partition coefficient (Wildman–Crippen LogP) is 1.84. The molecule has 1 saturated heterocycles. The lowest BCUT2D eigenvalue weighted by molar-refractivity contribution is 0.102. The average Bonchev–Trinajstić information content (AvgIpc) is 2.84. The summed E-state index contributed by atoms with van der Waals surface area (Å²) < 4.78 is 0. The van der Waals surface area contributed by atoms with Crippen LogP contribution in [0.15, 0.2) is 36.5 Å². The summed E-state index contributed by atoms with van der Waals surface area (Å²) in [5, 5.41) is 6.24. The second-order valence-corrected chi connectivity index (χ2v) is 5.61. The molecule has 2 aromatic heterocycles. The zero-order valence-electron chi connectivity index (χ0n) is 13.2. The van der Waals surface area contributed by atoms with Gasteiger partial charge in [0.05, 0.1) is 0 Å². The van der Waals surface area contributed by atoms with Crippen molar-refractivity contribution >= 4 is 17.4 Å². The zero-order valence-corrected chi connectivity index (χ0v) is 13.2. The van der Waals surface area contributed by atoms with E-state index in [0.29, 0.717) is 5.69 Å². The highest BCUT2D eigenvalue weighted by Crippen LogP contribution is 2.14. The number of carbonyl (C=O) groups is 1. The molecule has 0 bridgehead atoms. The van der Waals surface area contributed by atoms with E-state index in [0.717, 1.165) is 49.8 Å².